The summed E-state index contributed by atoms with van der Waals surface area (Å²) in [6.07, 6.45) is 4.61. The van der Waals surface area contributed by atoms with Crippen molar-refractivity contribution in [3.05, 3.63) is 47.1 Å². The Morgan fingerprint density at radius 2 is 2.09 bits per heavy atom. The van der Waals surface area contributed by atoms with Crippen LogP contribution in [0.3, 0.4) is 0 Å². The first-order chi connectivity index (χ1) is 11.3. The number of nitrogens with zero attached hydrogens (tertiary/aromatic N) is 4. The van der Waals surface area contributed by atoms with E-state index >= 15 is 0 Å². The zero-order valence-electron chi connectivity index (χ0n) is 13.1. The Morgan fingerprint density at radius 1 is 1.22 bits per heavy atom. The molecule has 1 aromatic carbocycles. The number of likely N-dealkylation sites (tertiary alicyclic amines) is 1. The third-order valence-electron chi connectivity index (χ3n) is 4.79. The van der Waals surface area contributed by atoms with Crippen LogP contribution in [0.25, 0.3) is 0 Å². The van der Waals surface area contributed by atoms with Crippen molar-refractivity contribution in [2.45, 2.75) is 44.1 Å². The quantitative estimate of drug-likeness (QED) is 0.867. The standard InChI is InChI=1S/C18H20N4O/c19-10-14-4-1-2-5-15(14)11-22-9-3-6-16(12-22)17-20-18(23-21-17)13-7-8-13/h1-2,4-5,13,16H,3,6-9,11-12H2/t16-/m1/s1. The largest absolute Gasteiger partial charge is 0.339 e. The minimum absolute atomic E-state index is 0.342. The third kappa shape index (κ3) is 3.13. The smallest absolute Gasteiger partial charge is 0.229 e. The van der Waals surface area contributed by atoms with Gasteiger partial charge in [0.05, 0.1) is 11.6 Å². The van der Waals surface area contributed by atoms with E-state index in [0.29, 0.717) is 11.8 Å². The Morgan fingerprint density at radius 3 is 2.91 bits per heavy atom. The number of aromatic nitrogens is 2. The molecule has 0 N–H and O–H groups in total. The van der Waals surface area contributed by atoms with Gasteiger partial charge in [-0.25, -0.2) is 0 Å². The molecule has 5 heteroatoms. The molecule has 118 valence electrons. The van der Waals surface area contributed by atoms with Crippen molar-refractivity contribution in [1.29, 1.82) is 5.26 Å². The molecule has 2 aromatic rings. The molecule has 1 aromatic heterocycles. The van der Waals surface area contributed by atoms with E-state index < -0.39 is 0 Å². The second kappa shape index (κ2) is 6.13. The summed E-state index contributed by atoms with van der Waals surface area (Å²) in [5, 5.41) is 13.4. The van der Waals surface area contributed by atoms with Crippen LogP contribution in [0, 0.1) is 11.3 Å². The van der Waals surface area contributed by atoms with Gasteiger partial charge in [-0.15, -0.1) is 0 Å². The fourth-order valence-corrected chi connectivity index (χ4v) is 3.33. The van der Waals surface area contributed by atoms with Gasteiger partial charge >= 0.3 is 0 Å². The van der Waals surface area contributed by atoms with Crippen LogP contribution in [0.1, 0.15) is 60.4 Å². The number of benzene rings is 1. The lowest BCUT2D eigenvalue weighted by atomic mass is 9.96. The van der Waals surface area contributed by atoms with Crippen LogP contribution in [0.2, 0.25) is 0 Å². The highest BCUT2D eigenvalue weighted by molar-refractivity contribution is 5.37. The molecule has 23 heavy (non-hydrogen) atoms. The Kier molecular flexibility index (Phi) is 3.84. The van der Waals surface area contributed by atoms with Gasteiger partial charge in [0.1, 0.15) is 0 Å². The lowest BCUT2D eigenvalue weighted by molar-refractivity contribution is 0.194. The lowest BCUT2D eigenvalue weighted by Gasteiger charge is -2.31. The fraction of sp³-hybridized carbons (Fsp3) is 0.500. The normalized spacial score (nSPS) is 22.0. The average Bonchev–Trinajstić information content (AvgIpc) is 3.33. The molecule has 0 bridgehead atoms. The molecule has 0 spiro atoms. The van der Waals surface area contributed by atoms with Crippen molar-refractivity contribution in [1.82, 2.24) is 15.0 Å². The van der Waals surface area contributed by atoms with Crippen molar-refractivity contribution in [2.24, 2.45) is 0 Å². The van der Waals surface area contributed by atoms with Gasteiger partial charge in [-0.1, -0.05) is 23.4 Å². The molecule has 1 atom stereocenters. The van der Waals surface area contributed by atoms with E-state index in [4.69, 9.17) is 4.52 Å². The summed E-state index contributed by atoms with van der Waals surface area (Å²) in [5.41, 5.74) is 1.87. The van der Waals surface area contributed by atoms with E-state index in [-0.39, 0.29) is 0 Å². The lowest BCUT2D eigenvalue weighted by Crippen LogP contribution is -2.34. The first-order valence-electron chi connectivity index (χ1n) is 8.37. The van der Waals surface area contributed by atoms with Gasteiger partial charge < -0.3 is 4.52 Å². The van der Waals surface area contributed by atoms with Gasteiger partial charge in [0.15, 0.2) is 5.82 Å². The highest BCUT2D eigenvalue weighted by Crippen LogP contribution is 2.39. The highest BCUT2D eigenvalue weighted by atomic mass is 16.5. The van der Waals surface area contributed by atoms with Gasteiger partial charge in [0, 0.05) is 24.9 Å². The predicted molar refractivity (Wildman–Crippen MR) is 84.7 cm³/mol. The SMILES string of the molecule is N#Cc1ccccc1CN1CCC[C@@H](c2noc(C3CC3)n2)C1. The van der Waals surface area contributed by atoms with E-state index in [0.717, 1.165) is 55.3 Å². The molecule has 2 heterocycles. The summed E-state index contributed by atoms with van der Waals surface area (Å²) in [4.78, 5) is 7.01. The number of nitriles is 1. The van der Waals surface area contributed by atoms with Crippen LogP contribution in [-0.4, -0.2) is 28.1 Å². The van der Waals surface area contributed by atoms with Gasteiger partial charge in [-0.2, -0.15) is 10.2 Å². The fourth-order valence-electron chi connectivity index (χ4n) is 3.33. The van der Waals surface area contributed by atoms with Gasteiger partial charge in [-0.05, 0) is 43.9 Å². The maximum atomic E-state index is 9.24. The monoisotopic (exact) mass is 308 g/mol. The average molecular weight is 308 g/mol. The van der Waals surface area contributed by atoms with E-state index in [1.54, 1.807) is 0 Å². The van der Waals surface area contributed by atoms with E-state index in [2.05, 4.69) is 21.1 Å². The van der Waals surface area contributed by atoms with E-state index in [1.165, 1.54) is 12.8 Å². The Labute approximate surface area is 135 Å². The number of piperidine rings is 1. The minimum Gasteiger partial charge on any atom is -0.339 e. The summed E-state index contributed by atoms with van der Waals surface area (Å²) in [7, 11) is 0. The van der Waals surface area contributed by atoms with Gasteiger partial charge in [0.25, 0.3) is 0 Å². The Hall–Kier alpha value is -2.19. The topological polar surface area (TPSA) is 66.0 Å². The first kappa shape index (κ1) is 14.4. The third-order valence-corrected chi connectivity index (χ3v) is 4.79. The molecule has 1 saturated heterocycles. The van der Waals surface area contributed by atoms with E-state index in [1.807, 2.05) is 24.3 Å². The highest BCUT2D eigenvalue weighted by Gasteiger charge is 2.32. The van der Waals surface area contributed by atoms with Crippen molar-refractivity contribution >= 4 is 0 Å². The van der Waals surface area contributed by atoms with Crippen LogP contribution >= 0.6 is 0 Å². The number of hydrogen-bond donors (Lipinski definition) is 0. The second-order valence-corrected chi connectivity index (χ2v) is 6.61. The summed E-state index contributed by atoms with van der Waals surface area (Å²) in [6.45, 7) is 2.81. The summed E-state index contributed by atoms with van der Waals surface area (Å²) >= 11 is 0. The van der Waals surface area contributed by atoms with Crippen molar-refractivity contribution < 1.29 is 4.52 Å². The van der Waals surface area contributed by atoms with Gasteiger partial charge in [-0.3, -0.25) is 4.90 Å². The minimum atomic E-state index is 0.342. The molecule has 0 unspecified atom stereocenters. The molecule has 2 aliphatic rings. The van der Waals surface area contributed by atoms with Crippen LogP contribution < -0.4 is 0 Å². The Balaban J connectivity index is 1.45. The maximum Gasteiger partial charge on any atom is 0.229 e. The van der Waals surface area contributed by atoms with Crippen molar-refractivity contribution in [3.8, 4) is 6.07 Å². The molecular weight excluding hydrogens is 288 g/mol. The number of rotatable bonds is 4. The molecule has 4 rings (SSSR count). The molecular formula is C18H20N4O. The molecule has 0 amide bonds. The second-order valence-electron chi connectivity index (χ2n) is 6.61. The van der Waals surface area contributed by atoms with Crippen LogP contribution in [0.4, 0.5) is 0 Å². The van der Waals surface area contributed by atoms with Crippen molar-refractivity contribution in [3.63, 3.8) is 0 Å². The zero-order valence-corrected chi connectivity index (χ0v) is 13.1. The molecule has 1 aliphatic carbocycles. The molecule has 2 fully saturated rings. The molecule has 1 saturated carbocycles. The van der Waals surface area contributed by atoms with E-state index in [9.17, 15) is 5.26 Å². The van der Waals surface area contributed by atoms with Crippen LogP contribution in [0.5, 0.6) is 0 Å². The summed E-state index contributed by atoms with van der Waals surface area (Å²) in [5.74, 6) is 2.55. The zero-order chi connectivity index (χ0) is 15.6. The Bertz CT molecular complexity index is 729. The maximum absolute atomic E-state index is 9.24. The molecule has 1 aliphatic heterocycles. The summed E-state index contributed by atoms with van der Waals surface area (Å²) < 4.78 is 5.41. The van der Waals surface area contributed by atoms with Crippen molar-refractivity contribution in [2.75, 3.05) is 13.1 Å². The van der Waals surface area contributed by atoms with Crippen LogP contribution in [-0.2, 0) is 6.54 Å². The molecule has 5 nitrogen and oxygen atoms in total. The molecule has 0 radical (unpaired) electrons. The first-order valence-corrected chi connectivity index (χ1v) is 8.37. The predicted octanol–water partition coefficient (Wildman–Crippen LogP) is 3.20. The van der Waals surface area contributed by atoms with Gasteiger partial charge in [0.2, 0.25) is 5.89 Å². The van der Waals surface area contributed by atoms with Crippen LogP contribution in [0.15, 0.2) is 28.8 Å². The number of hydrogen-bond acceptors (Lipinski definition) is 5. The summed E-state index contributed by atoms with van der Waals surface area (Å²) in [6, 6.07) is 10.1.